The first-order chi connectivity index (χ1) is 20.3. The van der Waals surface area contributed by atoms with Crippen molar-refractivity contribution in [3.8, 4) is 0 Å². The van der Waals surface area contributed by atoms with Gasteiger partial charge in [-0.2, -0.15) is 0 Å². The number of furan rings is 1. The first-order valence-electron chi connectivity index (χ1n) is 15.4. The molecule has 11 atom stereocenters. The van der Waals surface area contributed by atoms with Gasteiger partial charge in [-0.05, 0) is 50.3 Å². The lowest BCUT2D eigenvalue weighted by Crippen LogP contribution is -2.71. The van der Waals surface area contributed by atoms with Crippen LogP contribution in [0.5, 0.6) is 0 Å². The first kappa shape index (κ1) is 30.1. The van der Waals surface area contributed by atoms with Crippen molar-refractivity contribution in [1.29, 1.82) is 0 Å². The molecule has 0 aromatic carbocycles. The smallest absolute Gasteiger partial charge is 0.333 e. The van der Waals surface area contributed by atoms with E-state index in [0.717, 1.165) is 12.0 Å². The number of esters is 3. The van der Waals surface area contributed by atoms with Crippen LogP contribution in [-0.4, -0.2) is 62.1 Å². The monoisotopic (exact) mass is 596 g/mol. The number of allylic oxidation sites excluding steroid dienone is 2. The van der Waals surface area contributed by atoms with Crippen LogP contribution in [0, 0.1) is 28.1 Å². The molecule has 3 heterocycles. The predicted molar refractivity (Wildman–Crippen MR) is 155 cm³/mol. The molecule has 4 fully saturated rings. The van der Waals surface area contributed by atoms with Crippen molar-refractivity contribution < 1.29 is 42.5 Å². The third kappa shape index (κ3) is 4.13. The Labute approximate surface area is 253 Å². The minimum atomic E-state index is -0.741. The van der Waals surface area contributed by atoms with E-state index in [0.29, 0.717) is 18.6 Å². The summed E-state index contributed by atoms with van der Waals surface area (Å²) < 4.78 is 36.8. The summed E-state index contributed by atoms with van der Waals surface area (Å²) in [4.78, 5) is 39.0. The summed E-state index contributed by atoms with van der Waals surface area (Å²) in [6.45, 7) is 13.9. The molecule has 1 aromatic rings. The highest BCUT2D eigenvalue weighted by Gasteiger charge is 2.78. The molecule has 11 unspecified atom stereocenters. The third-order valence-corrected chi connectivity index (χ3v) is 12.0. The summed E-state index contributed by atoms with van der Waals surface area (Å²) in [6, 6.07) is 2.00. The van der Waals surface area contributed by atoms with E-state index in [1.807, 2.05) is 6.07 Å². The number of ether oxygens (including phenoxy) is 5. The molecule has 234 valence electrons. The standard InChI is InChI=1S/C34H44O9/c1-9-17(2)31(37)43-25-14-24(41-19(4)35)32(5)16-40-28-29(32)33(25,6)23(13-26(36)38-8)34(7)27-18(3)21(20-10-11-39-15-20)12-22(27)42-30(28)34/h9-11,15,21-25,28-30H,12-14,16H2,1-8H3/b17-9+. The Hall–Kier alpha value is -2.91. The highest BCUT2D eigenvalue weighted by Crippen LogP contribution is 2.74. The number of methoxy groups -OCH3 is 1. The summed E-state index contributed by atoms with van der Waals surface area (Å²) in [5.41, 5.74) is 2.08. The molecule has 2 saturated heterocycles. The van der Waals surface area contributed by atoms with E-state index >= 15 is 0 Å². The summed E-state index contributed by atoms with van der Waals surface area (Å²) in [6.07, 6.45) is 4.39. The fourth-order valence-electron chi connectivity index (χ4n) is 10.0. The van der Waals surface area contributed by atoms with Crippen LogP contribution in [0.25, 0.3) is 0 Å². The van der Waals surface area contributed by atoms with Crippen LogP contribution in [0.4, 0.5) is 0 Å². The van der Waals surface area contributed by atoms with Crippen molar-refractivity contribution in [2.75, 3.05) is 13.7 Å². The Morgan fingerprint density at radius 2 is 1.84 bits per heavy atom. The Kier molecular flexibility index (Phi) is 7.24. The summed E-state index contributed by atoms with van der Waals surface area (Å²) in [5.74, 6) is -1.54. The SMILES string of the molecule is C/C=C(\C)C(=O)OC1CC(OC(C)=O)C2(C)COC3C4OC5CC(c6ccoc6)C(C)=C5C4(C)C(CC(=O)OC)C1(C)C32. The van der Waals surface area contributed by atoms with Gasteiger partial charge in [-0.15, -0.1) is 0 Å². The lowest BCUT2D eigenvalue weighted by molar-refractivity contribution is -0.251. The van der Waals surface area contributed by atoms with Crippen LogP contribution < -0.4 is 0 Å². The molecule has 0 bridgehead atoms. The molecular weight excluding hydrogens is 552 g/mol. The maximum absolute atomic E-state index is 13.4. The predicted octanol–water partition coefficient (Wildman–Crippen LogP) is 5.29. The Bertz CT molecular complexity index is 1380. The molecule has 0 spiro atoms. The number of carbonyl (C=O) groups excluding carboxylic acids is 3. The molecule has 2 saturated carbocycles. The second-order valence-corrected chi connectivity index (χ2v) is 13.9. The average molecular weight is 597 g/mol. The first-order valence-corrected chi connectivity index (χ1v) is 15.4. The molecule has 0 amide bonds. The zero-order chi connectivity index (χ0) is 31.1. The van der Waals surface area contributed by atoms with Gasteiger partial charge in [-0.1, -0.05) is 32.4 Å². The van der Waals surface area contributed by atoms with E-state index in [-0.39, 0.29) is 48.5 Å². The van der Waals surface area contributed by atoms with Crippen LogP contribution in [0.2, 0.25) is 0 Å². The summed E-state index contributed by atoms with van der Waals surface area (Å²) in [7, 11) is 1.41. The highest BCUT2D eigenvalue weighted by molar-refractivity contribution is 5.87. The van der Waals surface area contributed by atoms with Gasteiger partial charge in [0.1, 0.15) is 12.2 Å². The second-order valence-electron chi connectivity index (χ2n) is 13.9. The fourth-order valence-corrected chi connectivity index (χ4v) is 10.0. The van der Waals surface area contributed by atoms with Gasteiger partial charge in [0.05, 0.1) is 44.6 Å². The quantitative estimate of drug-likeness (QED) is 0.187. The minimum Gasteiger partial charge on any atom is -0.472 e. The molecule has 1 aromatic heterocycles. The van der Waals surface area contributed by atoms with Gasteiger partial charge in [-0.25, -0.2) is 4.79 Å². The van der Waals surface area contributed by atoms with Gasteiger partial charge in [0, 0.05) is 53.4 Å². The van der Waals surface area contributed by atoms with E-state index in [4.69, 9.17) is 28.1 Å². The van der Waals surface area contributed by atoms with Crippen molar-refractivity contribution in [2.24, 2.45) is 28.1 Å². The molecule has 43 heavy (non-hydrogen) atoms. The van der Waals surface area contributed by atoms with E-state index < -0.39 is 40.4 Å². The van der Waals surface area contributed by atoms with Gasteiger partial charge in [0.15, 0.2) is 0 Å². The van der Waals surface area contributed by atoms with E-state index in [1.54, 1.807) is 32.4 Å². The highest BCUT2D eigenvalue weighted by atomic mass is 16.6. The van der Waals surface area contributed by atoms with Crippen LogP contribution in [0.3, 0.4) is 0 Å². The van der Waals surface area contributed by atoms with Gasteiger partial charge in [-0.3, -0.25) is 9.59 Å². The van der Waals surface area contributed by atoms with Crippen molar-refractivity contribution in [3.63, 3.8) is 0 Å². The molecule has 9 heteroatoms. The normalized spacial score (nSPS) is 43.1. The maximum atomic E-state index is 13.4. The van der Waals surface area contributed by atoms with E-state index in [9.17, 15) is 14.4 Å². The average Bonchev–Trinajstić information content (AvgIpc) is 3.73. The van der Waals surface area contributed by atoms with E-state index in [1.165, 1.54) is 25.2 Å². The molecular formula is C34H44O9. The molecule has 0 radical (unpaired) electrons. The van der Waals surface area contributed by atoms with Crippen LogP contribution in [0.15, 0.2) is 45.8 Å². The van der Waals surface area contributed by atoms with E-state index in [2.05, 4.69) is 27.7 Å². The lowest BCUT2D eigenvalue weighted by Gasteiger charge is -2.65. The molecule has 9 nitrogen and oxygen atoms in total. The Morgan fingerprint density at radius 1 is 1.09 bits per heavy atom. The maximum Gasteiger partial charge on any atom is 0.333 e. The number of hydrogen-bond acceptors (Lipinski definition) is 9. The van der Waals surface area contributed by atoms with Crippen molar-refractivity contribution in [3.05, 3.63) is 47.0 Å². The number of fused-ring (bicyclic) bond motifs is 4. The van der Waals surface area contributed by atoms with Crippen LogP contribution in [0.1, 0.15) is 79.2 Å². The minimum absolute atomic E-state index is 0.122. The second kappa shape index (κ2) is 10.3. The largest absolute Gasteiger partial charge is 0.472 e. The van der Waals surface area contributed by atoms with Crippen molar-refractivity contribution >= 4 is 17.9 Å². The van der Waals surface area contributed by atoms with Crippen LogP contribution in [-0.2, 0) is 38.1 Å². The summed E-state index contributed by atoms with van der Waals surface area (Å²) in [5, 5.41) is 0. The van der Waals surface area contributed by atoms with Crippen LogP contribution >= 0.6 is 0 Å². The van der Waals surface area contributed by atoms with Crippen molar-refractivity contribution in [2.45, 2.75) is 104 Å². The lowest BCUT2D eigenvalue weighted by atomic mass is 9.40. The molecule has 5 aliphatic rings. The Balaban J connectivity index is 1.55. The number of carbonyl (C=O) groups is 3. The zero-order valence-electron chi connectivity index (χ0n) is 26.4. The molecule has 2 aliphatic heterocycles. The third-order valence-electron chi connectivity index (χ3n) is 12.0. The number of rotatable bonds is 6. The zero-order valence-corrected chi connectivity index (χ0v) is 26.4. The van der Waals surface area contributed by atoms with Crippen molar-refractivity contribution in [1.82, 2.24) is 0 Å². The topological polar surface area (TPSA) is 111 Å². The number of hydrogen-bond donors (Lipinski definition) is 0. The van der Waals surface area contributed by atoms with Gasteiger partial charge in [0.25, 0.3) is 0 Å². The van der Waals surface area contributed by atoms with Gasteiger partial charge in [0.2, 0.25) is 0 Å². The van der Waals surface area contributed by atoms with Gasteiger partial charge < -0.3 is 28.1 Å². The van der Waals surface area contributed by atoms with Gasteiger partial charge >= 0.3 is 17.9 Å². The molecule has 6 rings (SSSR count). The fraction of sp³-hybridized carbons (Fsp3) is 0.676. The Morgan fingerprint density at radius 3 is 2.47 bits per heavy atom. The summed E-state index contributed by atoms with van der Waals surface area (Å²) >= 11 is 0. The molecule has 0 N–H and O–H groups in total. The molecule has 3 aliphatic carbocycles.